The maximum Gasteiger partial charge on any atom is 0.389 e. The first-order valence-electron chi connectivity index (χ1n) is 5.59. The first-order valence-corrected chi connectivity index (χ1v) is 6.38. The first-order chi connectivity index (χ1) is 8.60. The second-order valence-corrected chi connectivity index (χ2v) is 5.60. The molecule has 0 amide bonds. The number of carbonyl (C=O) groups excluding carboxylic acids is 1. The lowest BCUT2D eigenvalue weighted by molar-refractivity contribution is -0.144. The van der Waals surface area contributed by atoms with Crippen LogP contribution in [0.3, 0.4) is 0 Å². The van der Waals surface area contributed by atoms with Crippen molar-refractivity contribution in [3.63, 3.8) is 0 Å². The summed E-state index contributed by atoms with van der Waals surface area (Å²) in [6.07, 6.45) is -2.88. The normalized spacial score (nSPS) is 12.3. The van der Waals surface area contributed by atoms with Gasteiger partial charge in [-0.25, -0.2) is 0 Å². The van der Waals surface area contributed by atoms with Crippen molar-refractivity contribution in [2.24, 2.45) is 0 Å². The Labute approximate surface area is 117 Å². The molecule has 0 atom stereocenters. The predicted molar refractivity (Wildman–Crippen MR) is 69.9 cm³/mol. The van der Waals surface area contributed by atoms with Crippen molar-refractivity contribution >= 4 is 27.4 Å². The molecular weight excluding hydrogens is 325 g/mol. The molecular formula is C12H14BrF3N2O. The Morgan fingerprint density at radius 1 is 1.37 bits per heavy atom. The van der Waals surface area contributed by atoms with E-state index in [-0.39, 0.29) is 0 Å². The average Bonchev–Trinajstić information content (AvgIpc) is 2.24. The molecule has 0 aliphatic carbocycles. The predicted octanol–water partition coefficient (Wildman–Crippen LogP) is 3.95. The number of pyridine rings is 1. The smallest absolute Gasteiger partial charge is 0.372 e. The van der Waals surface area contributed by atoms with Gasteiger partial charge in [-0.2, -0.15) is 13.2 Å². The number of aromatic nitrogens is 1. The molecule has 0 unspecified atom stereocenters. The van der Waals surface area contributed by atoms with Crippen LogP contribution in [0.5, 0.6) is 0 Å². The Morgan fingerprint density at radius 3 is 2.53 bits per heavy atom. The van der Waals surface area contributed by atoms with Gasteiger partial charge >= 0.3 is 6.18 Å². The first kappa shape index (κ1) is 15.9. The van der Waals surface area contributed by atoms with Crippen molar-refractivity contribution in [2.75, 3.05) is 5.32 Å². The minimum Gasteiger partial charge on any atom is -0.372 e. The molecule has 1 heterocycles. The second-order valence-electron chi connectivity index (χ2n) is 4.68. The van der Waals surface area contributed by atoms with Gasteiger partial charge in [0.25, 0.3) is 0 Å². The molecule has 0 spiro atoms. The summed E-state index contributed by atoms with van der Waals surface area (Å²) in [5.41, 5.74) is -0.506. The fourth-order valence-electron chi connectivity index (χ4n) is 1.48. The number of rotatable bonds is 5. The summed E-state index contributed by atoms with van der Waals surface area (Å²) in [5, 5.41) is 2.89. The minimum absolute atomic E-state index is 0.496. The van der Waals surface area contributed by atoms with E-state index in [4.69, 9.17) is 0 Å². The Hall–Kier alpha value is -1.11. The van der Waals surface area contributed by atoms with Crippen LogP contribution in [-0.2, 0) is 4.79 Å². The highest BCUT2D eigenvalue weighted by molar-refractivity contribution is 9.10. The number of hydrogen-bond acceptors (Lipinski definition) is 3. The Kier molecular flexibility index (Phi) is 4.95. The van der Waals surface area contributed by atoms with Crippen LogP contribution >= 0.6 is 15.9 Å². The summed E-state index contributed by atoms with van der Waals surface area (Å²) in [7, 11) is 0. The van der Waals surface area contributed by atoms with Gasteiger partial charge in [0.1, 0.15) is 0 Å². The van der Waals surface area contributed by atoms with E-state index in [2.05, 4.69) is 26.2 Å². The lowest BCUT2D eigenvalue weighted by Gasteiger charge is -2.26. The summed E-state index contributed by atoms with van der Waals surface area (Å²) in [6.45, 7) is 3.10. The van der Waals surface area contributed by atoms with Gasteiger partial charge in [-0.3, -0.25) is 9.78 Å². The molecule has 0 saturated carbocycles. The summed E-state index contributed by atoms with van der Waals surface area (Å²) < 4.78 is 37.0. The molecule has 3 nitrogen and oxygen atoms in total. The summed E-state index contributed by atoms with van der Waals surface area (Å²) in [6, 6.07) is 1.70. The number of ketones is 1. The fourth-order valence-corrected chi connectivity index (χ4v) is 1.84. The lowest BCUT2D eigenvalue weighted by Crippen LogP contribution is -2.40. The number of carbonyl (C=O) groups is 1. The zero-order valence-corrected chi connectivity index (χ0v) is 12.1. The van der Waals surface area contributed by atoms with Gasteiger partial charge in [-0.15, -0.1) is 0 Å². The van der Waals surface area contributed by atoms with Crippen LogP contribution in [-0.4, -0.2) is 22.5 Å². The molecule has 0 aliphatic heterocycles. The molecule has 0 aromatic carbocycles. The molecule has 0 radical (unpaired) electrons. The zero-order chi connectivity index (χ0) is 14.7. The van der Waals surface area contributed by atoms with E-state index >= 15 is 0 Å². The highest BCUT2D eigenvalue weighted by Crippen LogP contribution is 2.25. The fraction of sp³-hybridized carbons (Fsp3) is 0.500. The standard InChI is InChI=1S/C12H14BrF3N2O/c1-11(2,10(19)3-4-12(14,15)16)18-9-5-8(13)6-17-7-9/h5-7,18H,3-4H2,1-2H3. The third-order valence-electron chi connectivity index (χ3n) is 2.49. The van der Waals surface area contributed by atoms with Crippen LogP contribution in [0.4, 0.5) is 18.9 Å². The zero-order valence-electron chi connectivity index (χ0n) is 10.5. The van der Waals surface area contributed by atoms with Crippen LogP contribution in [0, 0.1) is 0 Å². The van der Waals surface area contributed by atoms with Crippen LogP contribution in [0.25, 0.3) is 0 Å². The van der Waals surface area contributed by atoms with Crippen molar-refractivity contribution in [3.05, 3.63) is 22.9 Å². The summed E-state index contributed by atoms with van der Waals surface area (Å²) >= 11 is 3.23. The third-order valence-corrected chi connectivity index (χ3v) is 2.93. The van der Waals surface area contributed by atoms with E-state index in [0.29, 0.717) is 5.69 Å². The Bertz CT molecular complexity index is 461. The van der Waals surface area contributed by atoms with Crippen molar-refractivity contribution in [1.82, 2.24) is 4.98 Å². The number of halogens is 4. The van der Waals surface area contributed by atoms with Gasteiger partial charge in [0.2, 0.25) is 0 Å². The number of Topliss-reactive ketones (excluding diaryl/α,β-unsaturated/α-hetero) is 1. The van der Waals surface area contributed by atoms with Gasteiger partial charge in [0.15, 0.2) is 5.78 Å². The van der Waals surface area contributed by atoms with Gasteiger partial charge < -0.3 is 5.32 Å². The monoisotopic (exact) mass is 338 g/mol. The lowest BCUT2D eigenvalue weighted by atomic mass is 9.95. The Balaban J connectivity index is 2.67. The molecule has 1 aromatic heterocycles. The quantitative estimate of drug-likeness (QED) is 0.883. The molecule has 106 valence electrons. The number of alkyl halides is 3. The minimum atomic E-state index is -4.32. The summed E-state index contributed by atoms with van der Waals surface area (Å²) in [5.74, 6) is -0.496. The van der Waals surface area contributed by atoms with Gasteiger partial charge in [-0.1, -0.05) is 0 Å². The maximum absolute atomic E-state index is 12.1. The number of anilines is 1. The van der Waals surface area contributed by atoms with Crippen LogP contribution in [0.2, 0.25) is 0 Å². The molecule has 0 fully saturated rings. The van der Waals surface area contributed by atoms with Crippen molar-refractivity contribution < 1.29 is 18.0 Å². The van der Waals surface area contributed by atoms with E-state index < -0.39 is 30.3 Å². The molecule has 0 saturated heterocycles. The maximum atomic E-state index is 12.1. The van der Waals surface area contributed by atoms with Gasteiger partial charge in [-0.05, 0) is 35.8 Å². The van der Waals surface area contributed by atoms with E-state index in [1.807, 2.05) is 0 Å². The van der Waals surface area contributed by atoms with E-state index in [1.54, 1.807) is 26.1 Å². The molecule has 1 rings (SSSR count). The van der Waals surface area contributed by atoms with Crippen molar-refractivity contribution in [2.45, 2.75) is 38.4 Å². The molecule has 7 heteroatoms. The van der Waals surface area contributed by atoms with E-state index in [9.17, 15) is 18.0 Å². The number of nitrogens with zero attached hydrogens (tertiary/aromatic N) is 1. The number of nitrogens with one attached hydrogen (secondary N) is 1. The highest BCUT2D eigenvalue weighted by atomic mass is 79.9. The SMILES string of the molecule is CC(C)(Nc1cncc(Br)c1)C(=O)CCC(F)(F)F. The number of hydrogen-bond donors (Lipinski definition) is 1. The van der Waals surface area contributed by atoms with E-state index in [1.165, 1.54) is 6.20 Å². The topological polar surface area (TPSA) is 42.0 Å². The second kappa shape index (κ2) is 5.90. The largest absolute Gasteiger partial charge is 0.389 e. The van der Waals surface area contributed by atoms with Crippen LogP contribution in [0.15, 0.2) is 22.9 Å². The van der Waals surface area contributed by atoms with E-state index in [0.717, 1.165) is 4.47 Å². The van der Waals surface area contributed by atoms with Crippen molar-refractivity contribution in [3.8, 4) is 0 Å². The third kappa shape index (κ3) is 5.59. The molecule has 1 N–H and O–H groups in total. The van der Waals surface area contributed by atoms with Gasteiger partial charge in [0.05, 0.1) is 23.8 Å². The van der Waals surface area contributed by atoms with Crippen LogP contribution < -0.4 is 5.32 Å². The molecule has 0 aliphatic rings. The van der Waals surface area contributed by atoms with Crippen molar-refractivity contribution in [1.29, 1.82) is 0 Å². The summed E-state index contributed by atoms with van der Waals surface area (Å²) in [4.78, 5) is 15.7. The molecule has 19 heavy (non-hydrogen) atoms. The van der Waals surface area contributed by atoms with Crippen LogP contribution in [0.1, 0.15) is 26.7 Å². The molecule has 1 aromatic rings. The van der Waals surface area contributed by atoms with Gasteiger partial charge in [0, 0.05) is 17.1 Å². The molecule has 0 bridgehead atoms. The highest BCUT2D eigenvalue weighted by Gasteiger charge is 2.33. The Morgan fingerprint density at radius 2 is 2.00 bits per heavy atom. The average molecular weight is 339 g/mol.